The third kappa shape index (κ3) is 1.96. The molecule has 1 aromatic heterocycles. The highest BCUT2D eigenvalue weighted by molar-refractivity contribution is 6.22. The van der Waals surface area contributed by atoms with E-state index in [2.05, 4.69) is 4.74 Å². The quantitative estimate of drug-likeness (QED) is 0.843. The van der Waals surface area contributed by atoms with E-state index in [1.165, 1.54) is 12.1 Å². The molecule has 98 valence electrons. The Morgan fingerprint density at radius 2 is 1.95 bits per heavy atom. The summed E-state index contributed by atoms with van der Waals surface area (Å²) in [4.78, 5) is 35.0. The molecule has 1 heterocycles. The normalized spacial score (nSPS) is 10.4. The van der Waals surface area contributed by atoms with Crippen LogP contribution in [0.3, 0.4) is 0 Å². The lowest BCUT2D eigenvalue weighted by Crippen LogP contribution is -2.25. The van der Waals surface area contributed by atoms with Crippen molar-refractivity contribution in [3.05, 3.63) is 45.7 Å². The van der Waals surface area contributed by atoms with Gasteiger partial charge in [0.25, 0.3) is 0 Å². The van der Waals surface area contributed by atoms with Crippen molar-refractivity contribution in [1.82, 2.24) is 4.09 Å². The summed E-state index contributed by atoms with van der Waals surface area (Å²) >= 11 is 5.90. The number of carbonyl (C=O) groups excluding carboxylic acids is 1. The van der Waals surface area contributed by atoms with Gasteiger partial charge in [-0.2, -0.15) is 0 Å². The number of halogens is 1. The lowest BCUT2D eigenvalue weighted by atomic mass is 10.1. The molecule has 0 amide bonds. The van der Waals surface area contributed by atoms with E-state index < -0.39 is 28.6 Å². The van der Waals surface area contributed by atoms with E-state index in [0.29, 0.717) is 0 Å². The van der Waals surface area contributed by atoms with Gasteiger partial charge in [-0.15, -0.1) is 0 Å². The van der Waals surface area contributed by atoms with Crippen molar-refractivity contribution in [3.63, 3.8) is 0 Å². The zero-order valence-corrected chi connectivity index (χ0v) is 10.5. The summed E-state index contributed by atoms with van der Waals surface area (Å²) in [6.07, 6.45) is 0. The van der Waals surface area contributed by atoms with Crippen molar-refractivity contribution in [3.8, 4) is 0 Å². The molecule has 0 spiro atoms. The number of hydrogen-bond donors (Lipinski definition) is 1. The summed E-state index contributed by atoms with van der Waals surface area (Å²) < 4.78 is 5.21. The predicted octanol–water partition coefficient (Wildman–Crippen LogP) is 1.49. The summed E-state index contributed by atoms with van der Waals surface area (Å²) in [5.74, 6) is -2.53. The SMILES string of the molecule is COC(=O)c1c(C(=O)O)n(Cl)c2ccccc2c1=O. The van der Waals surface area contributed by atoms with Crippen LogP contribution in [0.1, 0.15) is 20.8 Å². The van der Waals surface area contributed by atoms with Gasteiger partial charge in [-0.05, 0) is 12.1 Å². The minimum absolute atomic E-state index is 0.142. The van der Waals surface area contributed by atoms with E-state index >= 15 is 0 Å². The van der Waals surface area contributed by atoms with Crippen molar-refractivity contribution in [2.75, 3.05) is 7.11 Å². The van der Waals surface area contributed by atoms with Crippen LogP contribution in [0, 0.1) is 0 Å². The average Bonchev–Trinajstić information content (AvgIpc) is 2.41. The molecule has 2 rings (SSSR count). The van der Waals surface area contributed by atoms with Gasteiger partial charge in [-0.3, -0.25) is 4.79 Å². The second kappa shape index (κ2) is 4.74. The number of aromatic carboxylic acids is 1. The lowest BCUT2D eigenvalue weighted by molar-refractivity contribution is 0.0578. The third-order valence-corrected chi connectivity index (χ3v) is 2.96. The molecule has 0 atom stereocenters. The predicted molar refractivity (Wildman–Crippen MR) is 67.8 cm³/mol. The number of rotatable bonds is 2. The average molecular weight is 282 g/mol. The Morgan fingerprint density at radius 3 is 2.53 bits per heavy atom. The summed E-state index contributed by atoms with van der Waals surface area (Å²) in [5, 5.41) is 9.26. The molecule has 0 saturated heterocycles. The molecule has 1 N–H and O–H groups in total. The molecule has 7 heteroatoms. The van der Waals surface area contributed by atoms with Gasteiger partial charge in [0.15, 0.2) is 5.69 Å². The van der Waals surface area contributed by atoms with E-state index in [9.17, 15) is 14.4 Å². The molecule has 0 aliphatic rings. The summed E-state index contributed by atoms with van der Waals surface area (Å²) in [6.45, 7) is 0. The molecule has 0 aliphatic heterocycles. The molecular formula is C12H8ClNO5. The van der Waals surface area contributed by atoms with E-state index in [0.717, 1.165) is 11.2 Å². The van der Waals surface area contributed by atoms with Crippen molar-refractivity contribution in [1.29, 1.82) is 0 Å². The van der Waals surface area contributed by atoms with Gasteiger partial charge in [0.05, 0.1) is 12.6 Å². The van der Waals surface area contributed by atoms with Crippen LogP contribution in [-0.2, 0) is 4.74 Å². The van der Waals surface area contributed by atoms with Crippen LogP contribution in [0.2, 0.25) is 0 Å². The standard InChI is InChI=1S/C12H8ClNO5/c1-19-12(18)8-9(11(16)17)14(13)7-5-3-2-4-6(7)10(8)15/h2-5H,1H3,(H,16,17). The fraction of sp³-hybridized carbons (Fsp3) is 0.0833. The third-order valence-electron chi connectivity index (χ3n) is 2.61. The molecule has 0 bridgehead atoms. The molecule has 0 aliphatic carbocycles. The second-order valence-electron chi connectivity index (χ2n) is 3.65. The zero-order chi connectivity index (χ0) is 14.2. The monoisotopic (exact) mass is 281 g/mol. The van der Waals surface area contributed by atoms with Crippen LogP contribution in [0.4, 0.5) is 0 Å². The number of methoxy groups -OCH3 is 1. The first-order valence-electron chi connectivity index (χ1n) is 5.14. The number of benzene rings is 1. The van der Waals surface area contributed by atoms with Crippen LogP contribution in [0.15, 0.2) is 29.1 Å². The van der Waals surface area contributed by atoms with Gasteiger partial charge in [-0.25, -0.2) is 13.7 Å². The number of carboxylic acids is 1. The number of aromatic nitrogens is 1. The van der Waals surface area contributed by atoms with E-state index in [1.54, 1.807) is 12.1 Å². The highest BCUT2D eigenvalue weighted by Gasteiger charge is 2.26. The Balaban J connectivity index is 3.05. The molecule has 19 heavy (non-hydrogen) atoms. The minimum Gasteiger partial charge on any atom is -0.477 e. The van der Waals surface area contributed by atoms with Crippen LogP contribution < -0.4 is 5.43 Å². The van der Waals surface area contributed by atoms with Gasteiger partial charge >= 0.3 is 11.9 Å². The highest BCUT2D eigenvalue weighted by atomic mass is 35.5. The van der Waals surface area contributed by atoms with Crippen molar-refractivity contribution in [2.45, 2.75) is 0 Å². The van der Waals surface area contributed by atoms with Crippen LogP contribution in [0.25, 0.3) is 10.9 Å². The molecule has 0 saturated carbocycles. The Labute approximate surface area is 111 Å². The Morgan fingerprint density at radius 1 is 1.32 bits per heavy atom. The van der Waals surface area contributed by atoms with E-state index in [1.807, 2.05) is 0 Å². The summed E-state index contributed by atoms with van der Waals surface area (Å²) in [7, 11) is 1.06. The van der Waals surface area contributed by atoms with E-state index in [4.69, 9.17) is 16.9 Å². The zero-order valence-electron chi connectivity index (χ0n) is 9.71. The smallest absolute Gasteiger partial charge is 0.354 e. The number of esters is 1. The second-order valence-corrected chi connectivity index (χ2v) is 3.99. The first-order valence-corrected chi connectivity index (χ1v) is 5.48. The minimum atomic E-state index is -1.49. The number of carboxylic acid groups (broad SMARTS) is 1. The number of pyridine rings is 1. The number of ether oxygens (including phenoxy) is 1. The maximum atomic E-state index is 12.2. The van der Waals surface area contributed by atoms with Crippen LogP contribution >= 0.6 is 11.8 Å². The van der Waals surface area contributed by atoms with Gasteiger partial charge in [0.1, 0.15) is 5.56 Å². The topological polar surface area (TPSA) is 85.6 Å². The molecule has 0 unspecified atom stereocenters. The number of nitrogens with zero attached hydrogens (tertiary/aromatic N) is 1. The van der Waals surface area contributed by atoms with E-state index in [-0.39, 0.29) is 10.9 Å². The Bertz CT molecular complexity index is 750. The fourth-order valence-electron chi connectivity index (χ4n) is 1.78. The molecule has 0 fully saturated rings. The highest BCUT2D eigenvalue weighted by Crippen LogP contribution is 2.18. The maximum Gasteiger partial charge on any atom is 0.354 e. The van der Waals surface area contributed by atoms with Gasteiger partial charge in [0.2, 0.25) is 5.43 Å². The lowest BCUT2D eigenvalue weighted by Gasteiger charge is -2.10. The summed E-state index contributed by atoms with van der Waals surface area (Å²) in [6, 6.07) is 6.12. The van der Waals surface area contributed by atoms with Gasteiger partial charge in [0, 0.05) is 17.2 Å². The number of carbonyl (C=O) groups is 2. The van der Waals surface area contributed by atoms with Crippen molar-refractivity contribution in [2.24, 2.45) is 0 Å². The number of hydrogen-bond acceptors (Lipinski definition) is 4. The molecule has 0 radical (unpaired) electrons. The first kappa shape index (κ1) is 13.1. The van der Waals surface area contributed by atoms with Gasteiger partial charge in [-0.1, -0.05) is 12.1 Å². The molecule has 1 aromatic carbocycles. The molecule has 6 nitrogen and oxygen atoms in total. The van der Waals surface area contributed by atoms with Gasteiger partial charge < -0.3 is 9.84 Å². The molecule has 2 aromatic rings. The number of para-hydroxylation sites is 1. The van der Waals surface area contributed by atoms with Crippen LogP contribution in [0.5, 0.6) is 0 Å². The largest absolute Gasteiger partial charge is 0.477 e. The maximum absolute atomic E-state index is 12.2. The Kier molecular flexibility index (Phi) is 3.26. The van der Waals surface area contributed by atoms with Crippen molar-refractivity contribution >= 4 is 34.6 Å². The first-order chi connectivity index (χ1) is 8.99. The van der Waals surface area contributed by atoms with Crippen LogP contribution in [-0.4, -0.2) is 28.2 Å². The Hall–Kier alpha value is -2.34. The molecular weight excluding hydrogens is 274 g/mol. The van der Waals surface area contributed by atoms with Crippen molar-refractivity contribution < 1.29 is 19.4 Å². The fourth-order valence-corrected chi connectivity index (χ4v) is 2.08. The summed E-state index contributed by atoms with van der Waals surface area (Å²) in [5.41, 5.74) is -1.73. The number of fused-ring (bicyclic) bond motifs is 1.